The normalized spacial score (nSPS) is 14.2. The first-order chi connectivity index (χ1) is 13.1. The average molecular weight is 675 g/mol. The molecule has 0 aliphatic carbocycles. The Labute approximate surface area is 200 Å². The summed E-state index contributed by atoms with van der Waals surface area (Å²) in [7, 11) is 0. The van der Waals surface area contributed by atoms with Crippen LogP contribution in [0, 0.1) is 7.40 Å². The third-order valence-electron chi connectivity index (χ3n) is 3.45. The fourth-order valence-electron chi connectivity index (χ4n) is 2.21. The Balaban J connectivity index is 0.000000292. The van der Waals surface area contributed by atoms with Crippen LogP contribution in [0.1, 0.15) is 20.8 Å². The van der Waals surface area contributed by atoms with Crippen molar-refractivity contribution >= 4 is 73.0 Å². The molecule has 0 unspecified atom stereocenters. The highest BCUT2D eigenvalue weighted by atomic mass is 127. The molecule has 152 valence electrons. The molecule has 8 nitrogen and oxygen atoms in total. The lowest BCUT2D eigenvalue weighted by atomic mass is 10.2. The maximum atomic E-state index is 12.0. The summed E-state index contributed by atoms with van der Waals surface area (Å²) in [5.41, 5.74) is -0.449. The Kier molecular flexibility index (Phi) is 9.05. The van der Waals surface area contributed by atoms with Crippen LogP contribution in [-0.4, -0.2) is 62.7 Å². The van der Waals surface area contributed by atoms with Gasteiger partial charge in [0, 0.05) is 26.2 Å². The van der Waals surface area contributed by atoms with E-state index in [9.17, 15) is 4.79 Å². The van der Waals surface area contributed by atoms with Gasteiger partial charge in [-0.3, -0.25) is 0 Å². The number of piperazine rings is 1. The molecule has 0 saturated carbocycles. The second-order valence-electron chi connectivity index (χ2n) is 6.81. The van der Waals surface area contributed by atoms with E-state index in [0.717, 1.165) is 30.9 Å². The van der Waals surface area contributed by atoms with Gasteiger partial charge in [-0.15, -0.1) is 0 Å². The van der Waals surface area contributed by atoms with Gasteiger partial charge in [0.1, 0.15) is 23.4 Å². The maximum Gasteiger partial charge on any atom is 0.410 e. The Morgan fingerprint density at radius 3 is 1.96 bits per heavy atom. The topological polar surface area (TPSA) is 84.3 Å². The second kappa shape index (κ2) is 10.8. The van der Waals surface area contributed by atoms with Crippen LogP contribution in [0.3, 0.4) is 0 Å². The molecule has 1 fully saturated rings. The molecule has 1 saturated heterocycles. The van der Waals surface area contributed by atoms with E-state index in [4.69, 9.17) is 4.74 Å². The van der Waals surface area contributed by atoms with Crippen molar-refractivity contribution in [2.24, 2.45) is 0 Å². The number of amides is 1. The minimum absolute atomic E-state index is 0.245. The first kappa shape index (κ1) is 23.4. The van der Waals surface area contributed by atoms with Crippen LogP contribution in [0.25, 0.3) is 0 Å². The molecule has 0 bridgehead atoms. The van der Waals surface area contributed by atoms with Crippen LogP contribution in [0.4, 0.5) is 10.6 Å². The van der Waals surface area contributed by atoms with E-state index in [-0.39, 0.29) is 6.09 Å². The molecular formula is C17H21BrI2N6O2. The minimum Gasteiger partial charge on any atom is -0.444 e. The monoisotopic (exact) mass is 674 g/mol. The van der Waals surface area contributed by atoms with E-state index in [1.54, 1.807) is 29.7 Å². The molecule has 0 aromatic carbocycles. The van der Waals surface area contributed by atoms with Crippen molar-refractivity contribution in [3.8, 4) is 0 Å². The number of nitrogens with zero attached hydrogens (tertiary/aromatic N) is 6. The molecule has 28 heavy (non-hydrogen) atoms. The molecule has 1 aliphatic heterocycles. The highest BCUT2D eigenvalue weighted by molar-refractivity contribution is 14.1. The van der Waals surface area contributed by atoms with Gasteiger partial charge in [0.2, 0.25) is 0 Å². The number of carbonyl (C=O) groups is 1. The predicted molar refractivity (Wildman–Crippen MR) is 127 cm³/mol. The quantitative estimate of drug-likeness (QED) is 0.424. The molecule has 0 radical (unpaired) electrons. The molecule has 1 amide bonds. The summed E-state index contributed by atoms with van der Waals surface area (Å²) in [6, 6.07) is 0. The standard InChI is InChI=1S/C13H19IN4O2.C4H2BrIN2/c1-13(2,3)20-12(19)18-6-4-17(5-7-18)11-9-15-10(14)8-16-11;5-3-1-8-4(6)2-7-3/h8-9H,4-7H2,1-3H3;1-2H. The molecule has 3 heterocycles. The third-order valence-corrected chi connectivity index (χ3v) is 4.97. The van der Waals surface area contributed by atoms with Crippen LogP contribution in [0.2, 0.25) is 0 Å². The lowest BCUT2D eigenvalue weighted by molar-refractivity contribution is 0.0240. The summed E-state index contributed by atoms with van der Waals surface area (Å²) in [5, 5.41) is 0. The smallest absolute Gasteiger partial charge is 0.410 e. The zero-order valence-corrected chi connectivity index (χ0v) is 21.7. The lowest BCUT2D eigenvalue weighted by Crippen LogP contribution is -2.50. The first-order valence-corrected chi connectivity index (χ1v) is 11.4. The third kappa shape index (κ3) is 8.27. The Bertz CT molecular complexity index is 742. The largest absolute Gasteiger partial charge is 0.444 e. The molecule has 0 atom stereocenters. The fraction of sp³-hybridized carbons (Fsp3) is 0.471. The van der Waals surface area contributed by atoms with Gasteiger partial charge in [-0.2, -0.15) is 0 Å². The molecule has 3 rings (SSSR count). The minimum atomic E-state index is -0.449. The predicted octanol–water partition coefficient (Wildman–Crippen LogP) is 3.98. The summed E-state index contributed by atoms with van der Waals surface area (Å²) in [6.07, 6.45) is 6.64. The Hall–Kier alpha value is -0.830. The van der Waals surface area contributed by atoms with Gasteiger partial charge in [0.05, 0.1) is 24.8 Å². The van der Waals surface area contributed by atoms with E-state index in [1.165, 1.54) is 0 Å². The number of aromatic nitrogens is 4. The molecule has 2 aromatic rings. The zero-order valence-electron chi connectivity index (χ0n) is 15.8. The van der Waals surface area contributed by atoms with Crippen molar-refractivity contribution in [1.29, 1.82) is 0 Å². The van der Waals surface area contributed by atoms with E-state index in [2.05, 4.69) is 85.9 Å². The summed E-state index contributed by atoms with van der Waals surface area (Å²) in [6.45, 7) is 8.40. The SMILES string of the molecule is Brc1cnc(I)cn1.CC(C)(C)OC(=O)N1CCN(c2cnc(I)cn2)CC1. The fourth-order valence-corrected chi connectivity index (χ4v) is 2.97. The van der Waals surface area contributed by atoms with Crippen LogP contribution in [-0.2, 0) is 4.74 Å². The number of halogens is 3. The average Bonchev–Trinajstić information content (AvgIpc) is 2.64. The van der Waals surface area contributed by atoms with Crippen LogP contribution in [0.15, 0.2) is 29.4 Å². The van der Waals surface area contributed by atoms with Crippen molar-refractivity contribution < 1.29 is 9.53 Å². The maximum absolute atomic E-state index is 12.0. The number of hydrogen-bond acceptors (Lipinski definition) is 7. The van der Waals surface area contributed by atoms with Crippen LogP contribution < -0.4 is 4.90 Å². The van der Waals surface area contributed by atoms with Gasteiger partial charge < -0.3 is 14.5 Å². The van der Waals surface area contributed by atoms with Crippen molar-refractivity contribution in [2.75, 3.05) is 31.1 Å². The number of ether oxygens (including phenoxy) is 1. The van der Waals surface area contributed by atoms with Crippen molar-refractivity contribution in [1.82, 2.24) is 24.8 Å². The van der Waals surface area contributed by atoms with Gasteiger partial charge in [-0.05, 0) is 81.9 Å². The number of hydrogen-bond donors (Lipinski definition) is 0. The lowest BCUT2D eigenvalue weighted by Gasteiger charge is -2.35. The highest BCUT2D eigenvalue weighted by Crippen LogP contribution is 2.15. The van der Waals surface area contributed by atoms with Gasteiger partial charge in [0.15, 0.2) is 0 Å². The number of anilines is 1. The molecule has 0 spiro atoms. The number of rotatable bonds is 1. The summed E-state index contributed by atoms with van der Waals surface area (Å²) in [4.78, 5) is 32.3. The summed E-state index contributed by atoms with van der Waals surface area (Å²) >= 11 is 7.40. The second-order valence-corrected chi connectivity index (χ2v) is 9.84. The molecule has 0 N–H and O–H groups in total. The van der Waals surface area contributed by atoms with E-state index in [0.29, 0.717) is 13.1 Å². The van der Waals surface area contributed by atoms with Crippen molar-refractivity contribution in [3.63, 3.8) is 0 Å². The Morgan fingerprint density at radius 2 is 1.54 bits per heavy atom. The molecular weight excluding hydrogens is 654 g/mol. The zero-order chi connectivity index (χ0) is 20.7. The van der Waals surface area contributed by atoms with Gasteiger partial charge in [-0.1, -0.05) is 0 Å². The van der Waals surface area contributed by atoms with E-state index >= 15 is 0 Å². The molecule has 11 heteroatoms. The summed E-state index contributed by atoms with van der Waals surface area (Å²) in [5.74, 6) is 0.856. The van der Waals surface area contributed by atoms with E-state index in [1.807, 2.05) is 20.8 Å². The Morgan fingerprint density at radius 1 is 0.964 bits per heavy atom. The van der Waals surface area contributed by atoms with Crippen LogP contribution >= 0.6 is 61.1 Å². The van der Waals surface area contributed by atoms with Crippen LogP contribution in [0.5, 0.6) is 0 Å². The first-order valence-electron chi connectivity index (χ1n) is 8.47. The summed E-state index contributed by atoms with van der Waals surface area (Å²) < 4.78 is 7.93. The van der Waals surface area contributed by atoms with Gasteiger partial charge >= 0.3 is 6.09 Å². The van der Waals surface area contributed by atoms with Gasteiger partial charge in [0.25, 0.3) is 0 Å². The highest BCUT2D eigenvalue weighted by Gasteiger charge is 2.26. The number of carbonyl (C=O) groups excluding carboxylic acids is 1. The van der Waals surface area contributed by atoms with Crippen molar-refractivity contribution in [2.45, 2.75) is 26.4 Å². The molecule has 2 aromatic heterocycles. The van der Waals surface area contributed by atoms with E-state index < -0.39 is 5.60 Å². The molecule has 1 aliphatic rings. The van der Waals surface area contributed by atoms with Crippen molar-refractivity contribution in [3.05, 3.63) is 36.8 Å². The van der Waals surface area contributed by atoms with Gasteiger partial charge in [-0.25, -0.2) is 24.7 Å².